The SMILES string of the molecule is O=S(=O)(c1cn(Cc2ccccc2)nc1-c1ccccc1)N(CCCl)CCCl. The number of hydrogen-bond acceptors (Lipinski definition) is 3. The van der Waals surface area contributed by atoms with Crippen molar-refractivity contribution in [1.82, 2.24) is 14.1 Å². The molecule has 0 atom stereocenters. The van der Waals surface area contributed by atoms with E-state index in [4.69, 9.17) is 23.2 Å². The fourth-order valence-electron chi connectivity index (χ4n) is 2.92. The van der Waals surface area contributed by atoms with E-state index >= 15 is 0 Å². The van der Waals surface area contributed by atoms with Gasteiger partial charge in [-0.1, -0.05) is 60.7 Å². The van der Waals surface area contributed by atoms with Crippen LogP contribution < -0.4 is 0 Å². The Balaban J connectivity index is 2.07. The number of nitrogens with zero attached hydrogens (tertiary/aromatic N) is 3. The van der Waals surface area contributed by atoms with E-state index in [9.17, 15) is 8.42 Å². The topological polar surface area (TPSA) is 55.2 Å². The monoisotopic (exact) mass is 437 g/mol. The Morgan fingerprint density at radius 2 is 1.46 bits per heavy atom. The minimum atomic E-state index is -3.79. The van der Waals surface area contributed by atoms with Gasteiger partial charge in [-0.2, -0.15) is 9.40 Å². The summed E-state index contributed by atoms with van der Waals surface area (Å²) >= 11 is 11.6. The molecule has 1 aromatic heterocycles. The number of sulfonamides is 1. The molecule has 2 aromatic carbocycles. The van der Waals surface area contributed by atoms with Crippen molar-refractivity contribution < 1.29 is 8.42 Å². The van der Waals surface area contributed by atoms with Crippen molar-refractivity contribution in [1.29, 1.82) is 0 Å². The molecule has 1 heterocycles. The maximum absolute atomic E-state index is 13.3. The summed E-state index contributed by atoms with van der Waals surface area (Å²) in [5, 5.41) is 4.59. The molecule has 0 aliphatic heterocycles. The summed E-state index contributed by atoms with van der Waals surface area (Å²) in [6, 6.07) is 19.1. The normalized spacial score (nSPS) is 11.8. The molecular weight excluding hydrogens is 417 g/mol. The summed E-state index contributed by atoms with van der Waals surface area (Å²) in [5.41, 5.74) is 2.20. The van der Waals surface area contributed by atoms with Gasteiger partial charge in [0.2, 0.25) is 10.0 Å². The van der Waals surface area contributed by atoms with Gasteiger partial charge in [-0.25, -0.2) is 8.42 Å². The first-order valence-corrected chi connectivity index (χ1v) is 11.4. The Morgan fingerprint density at radius 1 is 0.893 bits per heavy atom. The van der Waals surface area contributed by atoms with E-state index in [0.29, 0.717) is 12.2 Å². The highest BCUT2D eigenvalue weighted by atomic mass is 35.5. The highest BCUT2D eigenvalue weighted by molar-refractivity contribution is 7.89. The molecule has 0 aliphatic rings. The zero-order valence-corrected chi connectivity index (χ0v) is 17.5. The first kappa shape index (κ1) is 20.9. The van der Waals surface area contributed by atoms with E-state index in [2.05, 4.69) is 5.10 Å². The molecule has 3 rings (SSSR count). The highest BCUT2D eigenvalue weighted by Crippen LogP contribution is 2.28. The third-order valence-corrected chi connectivity index (χ3v) is 6.49. The molecule has 0 radical (unpaired) electrons. The van der Waals surface area contributed by atoms with Crippen molar-refractivity contribution >= 4 is 33.2 Å². The Hall–Kier alpha value is -1.86. The molecule has 0 spiro atoms. The summed E-state index contributed by atoms with van der Waals surface area (Å²) in [7, 11) is -3.79. The first-order valence-electron chi connectivity index (χ1n) is 8.85. The summed E-state index contributed by atoms with van der Waals surface area (Å²) < 4.78 is 29.6. The Labute approximate surface area is 175 Å². The van der Waals surface area contributed by atoms with Crippen LogP contribution in [0.4, 0.5) is 0 Å². The van der Waals surface area contributed by atoms with Crippen LogP contribution in [-0.2, 0) is 16.6 Å². The third kappa shape index (κ3) is 4.75. The molecule has 0 fully saturated rings. The zero-order valence-electron chi connectivity index (χ0n) is 15.2. The van der Waals surface area contributed by atoms with E-state index in [0.717, 1.165) is 11.1 Å². The minimum Gasteiger partial charge on any atom is -0.266 e. The summed E-state index contributed by atoms with van der Waals surface area (Å²) in [5.74, 6) is 0.379. The minimum absolute atomic E-state index is 0.157. The van der Waals surface area contributed by atoms with Gasteiger partial charge in [-0.05, 0) is 5.56 Å². The van der Waals surface area contributed by atoms with Gasteiger partial charge in [0.25, 0.3) is 0 Å². The van der Waals surface area contributed by atoms with E-state index in [1.807, 2.05) is 60.7 Å². The van der Waals surface area contributed by atoms with Crippen LogP contribution in [0.5, 0.6) is 0 Å². The van der Waals surface area contributed by atoms with Crippen LogP contribution in [0.2, 0.25) is 0 Å². The predicted molar refractivity (Wildman–Crippen MR) is 113 cm³/mol. The average Bonchev–Trinajstić information content (AvgIpc) is 3.14. The van der Waals surface area contributed by atoms with E-state index in [1.54, 1.807) is 10.9 Å². The Morgan fingerprint density at radius 3 is 2.04 bits per heavy atom. The lowest BCUT2D eigenvalue weighted by molar-refractivity contribution is 0.448. The van der Waals surface area contributed by atoms with Crippen LogP contribution in [-0.4, -0.2) is 47.4 Å². The highest BCUT2D eigenvalue weighted by Gasteiger charge is 2.29. The van der Waals surface area contributed by atoms with E-state index in [-0.39, 0.29) is 29.7 Å². The molecule has 28 heavy (non-hydrogen) atoms. The molecule has 0 saturated carbocycles. The van der Waals surface area contributed by atoms with Gasteiger partial charge < -0.3 is 0 Å². The molecule has 0 aliphatic carbocycles. The first-order chi connectivity index (χ1) is 13.6. The quantitative estimate of drug-likeness (QED) is 0.474. The molecule has 0 amide bonds. The van der Waals surface area contributed by atoms with E-state index in [1.165, 1.54) is 4.31 Å². The molecule has 0 N–H and O–H groups in total. The smallest absolute Gasteiger partial charge is 0.246 e. The third-order valence-electron chi connectivity index (χ3n) is 4.25. The number of halogens is 2. The van der Waals surface area contributed by atoms with Gasteiger partial charge in [0.1, 0.15) is 10.6 Å². The standard InChI is InChI=1S/C20H21Cl2N3O2S/c21-11-13-25(14-12-22)28(26,27)19-16-24(15-17-7-3-1-4-8-17)23-20(19)18-9-5-2-6-10-18/h1-10,16H,11-15H2. The fourth-order valence-corrected chi connectivity index (χ4v) is 5.13. The lowest BCUT2D eigenvalue weighted by Gasteiger charge is -2.19. The maximum Gasteiger partial charge on any atom is 0.246 e. The van der Waals surface area contributed by atoms with Gasteiger partial charge in [-0.15, -0.1) is 23.2 Å². The summed E-state index contributed by atoms with van der Waals surface area (Å²) in [6.07, 6.45) is 1.58. The lowest BCUT2D eigenvalue weighted by Crippen LogP contribution is -2.34. The second-order valence-electron chi connectivity index (χ2n) is 6.17. The number of alkyl halides is 2. The van der Waals surface area contributed by atoms with Gasteiger partial charge >= 0.3 is 0 Å². The number of hydrogen-bond donors (Lipinski definition) is 0. The maximum atomic E-state index is 13.3. The van der Waals surface area contributed by atoms with Crippen molar-refractivity contribution in [3.63, 3.8) is 0 Å². The van der Waals surface area contributed by atoms with Crippen molar-refractivity contribution in [2.24, 2.45) is 0 Å². The van der Waals surface area contributed by atoms with Gasteiger partial charge in [-0.3, -0.25) is 4.68 Å². The van der Waals surface area contributed by atoms with Gasteiger partial charge in [0.05, 0.1) is 6.54 Å². The van der Waals surface area contributed by atoms with Crippen molar-refractivity contribution in [2.45, 2.75) is 11.4 Å². The van der Waals surface area contributed by atoms with Crippen LogP contribution >= 0.6 is 23.2 Å². The molecule has 5 nitrogen and oxygen atoms in total. The largest absolute Gasteiger partial charge is 0.266 e. The summed E-state index contributed by atoms with van der Waals surface area (Å²) in [6.45, 7) is 0.852. The Bertz CT molecular complexity index is 987. The molecule has 0 bridgehead atoms. The second-order valence-corrected chi connectivity index (χ2v) is 8.84. The van der Waals surface area contributed by atoms with Crippen molar-refractivity contribution in [3.8, 4) is 11.3 Å². The van der Waals surface area contributed by atoms with E-state index < -0.39 is 10.0 Å². The molecule has 3 aromatic rings. The van der Waals surface area contributed by atoms with Crippen LogP contribution in [0.1, 0.15) is 5.56 Å². The summed E-state index contributed by atoms with van der Waals surface area (Å²) in [4.78, 5) is 0.157. The van der Waals surface area contributed by atoms with Gasteiger partial charge in [0, 0.05) is 36.6 Å². The molecular formula is C20H21Cl2N3O2S. The van der Waals surface area contributed by atoms with Crippen LogP contribution in [0.15, 0.2) is 71.8 Å². The van der Waals surface area contributed by atoms with Crippen molar-refractivity contribution in [3.05, 3.63) is 72.4 Å². The predicted octanol–water partition coefficient (Wildman–Crippen LogP) is 4.07. The van der Waals surface area contributed by atoms with Crippen LogP contribution in [0, 0.1) is 0 Å². The van der Waals surface area contributed by atoms with Gasteiger partial charge in [0.15, 0.2) is 0 Å². The van der Waals surface area contributed by atoms with Crippen LogP contribution in [0.25, 0.3) is 11.3 Å². The molecule has 0 unspecified atom stereocenters. The molecule has 148 valence electrons. The van der Waals surface area contributed by atoms with Crippen molar-refractivity contribution in [2.75, 3.05) is 24.8 Å². The number of benzene rings is 2. The average molecular weight is 438 g/mol. The second kappa shape index (κ2) is 9.56. The number of aromatic nitrogens is 2. The molecule has 0 saturated heterocycles. The van der Waals surface area contributed by atoms with Crippen LogP contribution in [0.3, 0.4) is 0 Å². The zero-order chi connectivity index (χ0) is 20.0. The fraction of sp³-hybridized carbons (Fsp3) is 0.250. The molecule has 8 heteroatoms. The number of rotatable bonds is 9. The lowest BCUT2D eigenvalue weighted by atomic mass is 10.2. The Kier molecular flexibility index (Phi) is 7.13.